The molecule has 2 aromatic rings. The Balaban J connectivity index is 1.73. The van der Waals surface area contributed by atoms with Gasteiger partial charge in [-0.05, 0) is 25.7 Å². The third-order valence-corrected chi connectivity index (χ3v) is 6.68. The predicted molar refractivity (Wildman–Crippen MR) is 83.7 cm³/mol. The number of nitrogens with two attached hydrogens (primary N) is 1. The van der Waals surface area contributed by atoms with Crippen molar-refractivity contribution in [3.05, 3.63) is 10.8 Å². The van der Waals surface area contributed by atoms with Gasteiger partial charge in [0.1, 0.15) is 5.01 Å². The lowest BCUT2D eigenvalue weighted by molar-refractivity contribution is 0.269. The molecule has 0 aromatic carbocycles. The van der Waals surface area contributed by atoms with Crippen LogP contribution in [-0.2, 0) is 5.41 Å². The second-order valence-electron chi connectivity index (χ2n) is 6.91. The first-order chi connectivity index (χ1) is 10.2. The lowest BCUT2D eigenvalue weighted by Gasteiger charge is -2.37. The highest BCUT2D eigenvalue weighted by Crippen LogP contribution is 2.41. The van der Waals surface area contributed by atoms with Gasteiger partial charge in [0.15, 0.2) is 5.82 Å². The van der Waals surface area contributed by atoms with Crippen LogP contribution in [0, 0.1) is 0 Å². The number of hydrogen-bond donors (Lipinski definition) is 1. The Hall–Kier alpha value is -1.01. The van der Waals surface area contributed by atoms with Crippen molar-refractivity contribution in [2.24, 2.45) is 5.73 Å². The summed E-state index contributed by atoms with van der Waals surface area (Å²) < 4.78 is 2.00. The molecule has 2 unspecified atom stereocenters. The van der Waals surface area contributed by atoms with Gasteiger partial charge in [-0.1, -0.05) is 43.9 Å². The van der Waals surface area contributed by atoms with E-state index in [2.05, 4.69) is 17.1 Å². The fourth-order valence-corrected chi connectivity index (χ4v) is 5.01. The van der Waals surface area contributed by atoms with Gasteiger partial charge >= 0.3 is 0 Å². The monoisotopic (exact) mass is 305 g/mol. The molecule has 5 nitrogen and oxygen atoms in total. The molecule has 2 saturated carbocycles. The molecule has 0 amide bonds. The number of hydrogen-bond acceptors (Lipinski definition) is 5. The van der Waals surface area contributed by atoms with Crippen molar-refractivity contribution in [1.82, 2.24) is 19.8 Å². The number of rotatable bonds is 2. The third-order valence-electron chi connectivity index (χ3n) is 5.50. The van der Waals surface area contributed by atoms with Crippen LogP contribution in [0.5, 0.6) is 0 Å². The Morgan fingerprint density at radius 2 is 1.90 bits per heavy atom. The second-order valence-corrected chi connectivity index (χ2v) is 7.87. The van der Waals surface area contributed by atoms with E-state index in [1.807, 2.05) is 4.52 Å². The average molecular weight is 305 g/mol. The average Bonchev–Trinajstić information content (AvgIpc) is 3.16. The zero-order valence-electron chi connectivity index (χ0n) is 12.6. The van der Waals surface area contributed by atoms with Crippen molar-refractivity contribution in [3.63, 3.8) is 0 Å². The van der Waals surface area contributed by atoms with E-state index in [0.717, 1.165) is 28.6 Å². The van der Waals surface area contributed by atoms with Crippen LogP contribution in [0.15, 0.2) is 0 Å². The minimum absolute atomic E-state index is 0.0105. The highest BCUT2D eigenvalue weighted by atomic mass is 32.1. The first-order valence-corrected chi connectivity index (χ1v) is 8.98. The number of aromatic nitrogens is 4. The van der Waals surface area contributed by atoms with E-state index in [1.165, 1.54) is 38.5 Å². The first-order valence-electron chi connectivity index (χ1n) is 8.17. The topological polar surface area (TPSA) is 69.1 Å². The molecule has 114 valence electrons. The summed E-state index contributed by atoms with van der Waals surface area (Å²) in [5, 5.41) is 14.8. The predicted octanol–water partition coefficient (Wildman–Crippen LogP) is 3.00. The van der Waals surface area contributed by atoms with Crippen LogP contribution >= 0.6 is 11.3 Å². The van der Waals surface area contributed by atoms with Crippen molar-refractivity contribution >= 4 is 16.3 Å². The number of nitrogens with zero attached hydrogens (tertiary/aromatic N) is 4. The van der Waals surface area contributed by atoms with Crippen LogP contribution in [0.25, 0.3) is 4.96 Å². The molecule has 0 radical (unpaired) electrons. The van der Waals surface area contributed by atoms with Gasteiger partial charge in [-0.25, -0.2) is 0 Å². The van der Waals surface area contributed by atoms with Gasteiger partial charge in [-0.15, -0.1) is 10.2 Å². The maximum Gasteiger partial charge on any atom is 0.234 e. The Bertz CT molecular complexity index is 642. The lowest BCUT2D eigenvalue weighted by atomic mass is 9.72. The summed E-state index contributed by atoms with van der Waals surface area (Å²) in [7, 11) is 0. The van der Waals surface area contributed by atoms with E-state index in [9.17, 15) is 0 Å². The minimum Gasteiger partial charge on any atom is -0.327 e. The summed E-state index contributed by atoms with van der Waals surface area (Å²) in [6, 6.07) is 0.213. The Morgan fingerprint density at radius 3 is 2.67 bits per heavy atom. The summed E-state index contributed by atoms with van der Waals surface area (Å²) in [5.74, 6) is 1.61. The SMILES string of the molecule is CC1(c2nn3c(C4CCCC4)nnc3s2)CCCCC1N. The highest BCUT2D eigenvalue weighted by Gasteiger charge is 2.39. The normalized spacial score (nSPS) is 31.2. The first kappa shape index (κ1) is 13.6. The highest BCUT2D eigenvalue weighted by molar-refractivity contribution is 7.16. The standard InChI is InChI=1S/C15H23N5S/c1-15(9-5-4-8-11(15)16)13-19-20-12(10-6-2-3-7-10)17-18-14(20)21-13/h10-11H,2-9,16H2,1H3. The van der Waals surface area contributed by atoms with E-state index in [4.69, 9.17) is 10.8 Å². The molecule has 4 rings (SSSR count). The molecule has 2 heterocycles. The van der Waals surface area contributed by atoms with Crippen LogP contribution in [0.4, 0.5) is 0 Å². The van der Waals surface area contributed by atoms with E-state index in [1.54, 1.807) is 11.3 Å². The molecule has 2 aliphatic carbocycles. The van der Waals surface area contributed by atoms with E-state index >= 15 is 0 Å². The smallest absolute Gasteiger partial charge is 0.234 e. The van der Waals surface area contributed by atoms with Gasteiger partial charge in [0.25, 0.3) is 0 Å². The molecule has 0 aliphatic heterocycles. The van der Waals surface area contributed by atoms with Gasteiger partial charge in [-0.3, -0.25) is 0 Å². The van der Waals surface area contributed by atoms with Crippen LogP contribution in [0.1, 0.15) is 75.0 Å². The van der Waals surface area contributed by atoms with Crippen LogP contribution < -0.4 is 5.73 Å². The zero-order chi connectivity index (χ0) is 14.4. The van der Waals surface area contributed by atoms with Gasteiger partial charge in [0, 0.05) is 17.4 Å². The molecule has 21 heavy (non-hydrogen) atoms. The van der Waals surface area contributed by atoms with Crippen molar-refractivity contribution in [3.8, 4) is 0 Å². The summed E-state index contributed by atoms with van der Waals surface area (Å²) in [6.45, 7) is 2.28. The molecule has 6 heteroatoms. The fraction of sp³-hybridized carbons (Fsp3) is 0.800. The second kappa shape index (κ2) is 5.02. The summed E-state index contributed by atoms with van der Waals surface area (Å²) in [4.78, 5) is 0.936. The van der Waals surface area contributed by atoms with Gasteiger partial charge in [-0.2, -0.15) is 9.61 Å². The van der Waals surface area contributed by atoms with Gasteiger partial charge < -0.3 is 5.73 Å². The van der Waals surface area contributed by atoms with Crippen LogP contribution in [0.3, 0.4) is 0 Å². The lowest BCUT2D eigenvalue weighted by Crippen LogP contribution is -2.45. The quantitative estimate of drug-likeness (QED) is 0.926. The largest absolute Gasteiger partial charge is 0.327 e. The maximum atomic E-state index is 6.42. The molecule has 2 atom stereocenters. The third kappa shape index (κ3) is 2.11. The molecule has 0 bridgehead atoms. The van der Waals surface area contributed by atoms with E-state index < -0.39 is 0 Å². The Morgan fingerprint density at radius 1 is 1.14 bits per heavy atom. The molecule has 2 N–H and O–H groups in total. The number of fused-ring (bicyclic) bond motifs is 1. The molecular weight excluding hydrogens is 282 g/mol. The van der Waals surface area contributed by atoms with Gasteiger partial charge in [0.05, 0.1) is 0 Å². The van der Waals surface area contributed by atoms with E-state index in [0.29, 0.717) is 5.92 Å². The summed E-state index contributed by atoms with van der Waals surface area (Å²) in [5.41, 5.74) is 6.43. The molecule has 0 saturated heterocycles. The van der Waals surface area contributed by atoms with Crippen LogP contribution in [0.2, 0.25) is 0 Å². The van der Waals surface area contributed by atoms with Crippen LogP contribution in [-0.4, -0.2) is 25.9 Å². The molecule has 2 aromatic heterocycles. The summed E-state index contributed by atoms with van der Waals surface area (Å²) in [6.07, 6.45) is 9.80. The maximum absolute atomic E-state index is 6.42. The molecular formula is C15H23N5S. The Labute approximate surface area is 128 Å². The van der Waals surface area contributed by atoms with Crippen molar-refractivity contribution in [2.45, 2.75) is 75.7 Å². The summed E-state index contributed by atoms with van der Waals surface area (Å²) >= 11 is 1.68. The molecule has 2 aliphatic rings. The van der Waals surface area contributed by atoms with Crippen molar-refractivity contribution in [2.75, 3.05) is 0 Å². The molecule has 0 spiro atoms. The van der Waals surface area contributed by atoms with Gasteiger partial charge in [0.2, 0.25) is 4.96 Å². The zero-order valence-corrected chi connectivity index (χ0v) is 13.4. The van der Waals surface area contributed by atoms with E-state index in [-0.39, 0.29) is 11.5 Å². The minimum atomic E-state index is 0.0105. The fourth-order valence-electron chi connectivity index (χ4n) is 3.93. The Kier molecular flexibility index (Phi) is 3.26. The van der Waals surface area contributed by atoms with Crippen molar-refractivity contribution in [1.29, 1.82) is 0 Å². The van der Waals surface area contributed by atoms with Crippen molar-refractivity contribution < 1.29 is 0 Å². The molecule has 2 fully saturated rings.